The number of ether oxygens (including phenoxy) is 3. The average molecular weight is 388 g/mol. The van der Waals surface area contributed by atoms with Crippen molar-refractivity contribution in [3.63, 3.8) is 0 Å². The molecule has 0 aromatic heterocycles. The highest BCUT2D eigenvalue weighted by molar-refractivity contribution is 9.09. The molecular weight excluding hydrogens is 368 g/mol. The summed E-state index contributed by atoms with van der Waals surface area (Å²) in [6, 6.07) is 7.54. The zero-order chi connectivity index (χ0) is 16.0. The van der Waals surface area contributed by atoms with Crippen LogP contribution in [0.15, 0.2) is 36.4 Å². The Labute approximate surface area is 144 Å². The Morgan fingerprint density at radius 1 is 1.14 bits per heavy atom. The van der Waals surface area contributed by atoms with Crippen LogP contribution in [0.2, 0.25) is 5.02 Å². The molecule has 5 heteroatoms. The smallest absolute Gasteiger partial charge is 0.185 e. The topological polar surface area (TPSA) is 27.7 Å². The van der Waals surface area contributed by atoms with Crippen molar-refractivity contribution in [1.82, 2.24) is 0 Å². The zero-order valence-corrected chi connectivity index (χ0v) is 15.2. The second kappa shape index (κ2) is 5.91. The monoisotopic (exact) mass is 386 g/mol. The molecule has 4 atom stereocenters. The van der Waals surface area contributed by atoms with E-state index in [0.29, 0.717) is 11.6 Å². The molecule has 3 nitrogen and oxygen atoms in total. The SMILES string of the molecule is CC1(C)O[C@H]2COC(c3ccc(Cl)cc3)O[C@@]2(C)C=CC1Br. The van der Waals surface area contributed by atoms with Gasteiger partial charge in [-0.3, -0.25) is 0 Å². The van der Waals surface area contributed by atoms with E-state index in [1.165, 1.54) is 0 Å². The van der Waals surface area contributed by atoms with Crippen LogP contribution in [-0.4, -0.2) is 28.7 Å². The minimum absolute atomic E-state index is 0.125. The summed E-state index contributed by atoms with van der Waals surface area (Å²) in [5, 5.41) is 0.699. The van der Waals surface area contributed by atoms with Gasteiger partial charge in [-0.25, -0.2) is 0 Å². The number of benzene rings is 1. The van der Waals surface area contributed by atoms with Crippen LogP contribution in [0.25, 0.3) is 0 Å². The van der Waals surface area contributed by atoms with Crippen LogP contribution < -0.4 is 0 Å². The highest BCUT2D eigenvalue weighted by atomic mass is 79.9. The van der Waals surface area contributed by atoms with Gasteiger partial charge >= 0.3 is 0 Å². The van der Waals surface area contributed by atoms with Gasteiger partial charge in [0.05, 0.1) is 17.0 Å². The van der Waals surface area contributed by atoms with E-state index < -0.39 is 11.9 Å². The molecule has 0 aliphatic carbocycles. The zero-order valence-electron chi connectivity index (χ0n) is 12.9. The fourth-order valence-electron chi connectivity index (χ4n) is 2.70. The van der Waals surface area contributed by atoms with Crippen molar-refractivity contribution >= 4 is 27.5 Å². The van der Waals surface area contributed by atoms with E-state index in [1.54, 1.807) is 0 Å². The summed E-state index contributed by atoms with van der Waals surface area (Å²) in [6.07, 6.45) is 3.62. The van der Waals surface area contributed by atoms with Crippen molar-refractivity contribution in [3.05, 3.63) is 47.0 Å². The lowest BCUT2D eigenvalue weighted by Crippen LogP contribution is -2.52. The predicted octanol–water partition coefficient (Wildman–Crippen LogP) is 4.64. The van der Waals surface area contributed by atoms with E-state index in [1.807, 2.05) is 31.2 Å². The van der Waals surface area contributed by atoms with Crippen LogP contribution in [0, 0.1) is 0 Å². The average Bonchev–Trinajstić information content (AvgIpc) is 2.56. The summed E-state index contributed by atoms with van der Waals surface area (Å²) in [5.74, 6) is 0. The van der Waals surface area contributed by atoms with E-state index in [4.69, 9.17) is 25.8 Å². The largest absolute Gasteiger partial charge is 0.365 e. The molecule has 22 heavy (non-hydrogen) atoms. The van der Waals surface area contributed by atoms with Gasteiger partial charge in [-0.2, -0.15) is 0 Å². The molecule has 3 rings (SSSR count). The standard InChI is InChI=1S/C17H20BrClO3/c1-16(2)13(18)8-9-17(3)14(21-16)10-20-15(22-17)11-4-6-12(19)7-5-11/h4-9,13-15H,10H2,1-3H3/t13?,14-,15?,17-/m0/s1. The minimum atomic E-state index is -0.525. The van der Waals surface area contributed by atoms with Gasteiger partial charge in [0.25, 0.3) is 0 Å². The summed E-state index contributed by atoms with van der Waals surface area (Å²) in [7, 11) is 0. The number of rotatable bonds is 1. The molecule has 2 aliphatic heterocycles. The molecule has 2 aliphatic rings. The van der Waals surface area contributed by atoms with Crippen molar-refractivity contribution in [3.8, 4) is 0 Å². The lowest BCUT2D eigenvalue weighted by Gasteiger charge is -2.44. The predicted molar refractivity (Wildman–Crippen MR) is 90.4 cm³/mol. The Balaban J connectivity index is 1.84. The van der Waals surface area contributed by atoms with Gasteiger partial charge in [0.1, 0.15) is 11.7 Å². The van der Waals surface area contributed by atoms with E-state index in [0.717, 1.165) is 5.56 Å². The molecule has 2 unspecified atom stereocenters. The first-order valence-corrected chi connectivity index (χ1v) is 8.66. The van der Waals surface area contributed by atoms with E-state index >= 15 is 0 Å². The Bertz CT molecular complexity index is 572. The van der Waals surface area contributed by atoms with Gasteiger partial charge in [-0.05, 0) is 32.9 Å². The van der Waals surface area contributed by atoms with Crippen molar-refractivity contribution in [1.29, 1.82) is 0 Å². The van der Waals surface area contributed by atoms with Crippen molar-refractivity contribution in [2.24, 2.45) is 0 Å². The highest BCUT2D eigenvalue weighted by Crippen LogP contribution is 2.41. The van der Waals surface area contributed by atoms with Crippen molar-refractivity contribution in [2.75, 3.05) is 6.61 Å². The van der Waals surface area contributed by atoms with Crippen LogP contribution in [0.1, 0.15) is 32.6 Å². The first kappa shape index (κ1) is 16.5. The van der Waals surface area contributed by atoms with Crippen molar-refractivity contribution < 1.29 is 14.2 Å². The Hall–Kier alpha value is -0.390. The third kappa shape index (κ3) is 3.13. The second-order valence-electron chi connectivity index (χ2n) is 6.49. The third-order valence-corrected chi connectivity index (χ3v) is 5.91. The van der Waals surface area contributed by atoms with E-state index in [2.05, 4.69) is 41.9 Å². The first-order valence-electron chi connectivity index (χ1n) is 7.36. The van der Waals surface area contributed by atoms with Crippen LogP contribution >= 0.6 is 27.5 Å². The number of halogens is 2. The van der Waals surface area contributed by atoms with Gasteiger partial charge < -0.3 is 14.2 Å². The van der Waals surface area contributed by atoms with E-state index in [9.17, 15) is 0 Å². The van der Waals surface area contributed by atoms with Crippen molar-refractivity contribution in [2.45, 2.75) is 49.2 Å². The Morgan fingerprint density at radius 2 is 1.82 bits per heavy atom. The lowest BCUT2D eigenvalue weighted by molar-refractivity contribution is -0.300. The molecule has 1 saturated heterocycles. The van der Waals surface area contributed by atoms with Crippen LogP contribution in [0.5, 0.6) is 0 Å². The lowest BCUT2D eigenvalue weighted by atomic mass is 9.97. The van der Waals surface area contributed by atoms with Gasteiger partial charge in [0.2, 0.25) is 0 Å². The van der Waals surface area contributed by atoms with Gasteiger partial charge in [0.15, 0.2) is 6.29 Å². The summed E-state index contributed by atoms with van der Waals surface area (Å²) in [6.45, 7) is 6.65. The molecule has 1 aromatic rings. The number of hydrogen-bond donors (Lipinski definition) is 0. The molecule has 1 aromatic carbocycles. The maximum atomic E-state index is 6.24. The highest BCUT2D eigenvalue weighted by Gasteiger charge is 2.47. The molecule has 1 fully saturated rings. The Kier molecular flexibility index (Phi) is 4.43. The maximum Gasteiger partial charge on any atom is 0.185 e. The summed E-state index contributed by atoms with van der Waals surface area (Å²) < 4.78 is 18.4. The normalized spacial score (nSPS) is 37.4. The van der Waals surface area contributed by atoms with E-state index in [-0.39, 0.29) is 16.5 Å². The summed E-state index contributed by atoms with van der Waals surface area (Å²) >= 11 is 9.60. The Morgan fingerprint density at radius 3 is 2.50 bits per heavy atom. The quantitative estimate of drug-likeness (QED) is 0.519. The van der Waals surface area contributed by atoms with Crippen LogP contribution in [0.3, 0.4) is 0 Å². The molecule has 0 radical (unpaired) electrons. The summed E-state index contributed by atoms with van der Waals surface area (Å²) in [5.41, 5.74) is 0.109. The molecule has 0 amide bonds. The molecule has 0 saturated carbocycles. The fourth-order valence-corrected chi connectivity index (χ4v) is 3.09. The van der Waals surface area contributed by atoms with Gasteiger partial charge in [-0.1, -0.05) is 51.8 Å². The second-order valence-corrected chi connectivity index (χ2v) is 7.91. The maximum absolute atomic E-state index is 6.24. The molecule has 120 valence electrons. The van der Waals surface area contributed by atoms with Crippen LogP contribution in [0.4, 0.5) is 0 Å². The van der Waals surface area contributed by atoms with Crippen LogP contribution in [-0.2, 0) is 14.2 Å². The number of alkyl halides is 1. The first-order chi connectivity index (χ1) is 10.3. The molecule has 0 N–H and O–H groups in total. The molecular formula is C17H20BrClO3. The number of hydrogen-bond acceptors (Lipinski definition) is 3. The molecule has 0 bridgehead atoms. The third-order valence-electron chi connectivity index (χ3n) is 4.25. The van der Waals surface area contributed by atoms with Gasteiger partial charge in [-0.15, -0.1) is 0 Å². The molecule has 2 heterocycles. The summed E-state index contributed by atoms with van der Waals surface area (Å²) in [4.78, 5) is 0.125. The number of fused-ring (bicyclic) bond motifs is 1. The molecule has 0 spiro atoms. The fraction of sp³-hybridized carbons (Fsp3) is 0.529. The minimum Gasteiger partial charge on any atom is -0.365 e. The van der Waals surface area contributed by atoms with Gasteiger partial charge in [0, 0.05) is 10.6 Å².